The molecule has 2 heterocycles. The first-order valence-corrected chi connectivity index (χ1v) is 9.19. The SMILES string of the molecule is CCOC(=O)c1c(NC(=O)c2ccc(C)cc2)sc2c1CCN(C)C2.Cl. The maximum Gasteiger partial charge on any atom is 0.341 e. The van der Waals surface area contributed by atoms with E-state index in [1.165, 1.54) is 11.3 Å². The third-order valence-corrected chi connectivity index (χ3v) is 5.40. The zero-order valence-electron chi connectivity index (χ0n) is 15.1. The van der Waals surface area contributed by atoms with Crippen molar-refractivity contribution in [3.8, 4) is 0 Å². The lowest BCUT2D eigenvalue weighted by Gasteiger charge is -2.22. The number of rotatable bonds is 4. The molecule has 26 heavy (non-hydrogen) atoms. The summed E-state index contributed by atoms with van der Waals surface area (Å²) < 4.78 is 5.23. The number of carbonyl (C=O) groups excluding carboxylic acids is 2. The van der Waals surface area contributed by atoms with Gasteiger partial charge in [0.05, 0.1) is 12.2 Å². The number of anilines is 1. The third-order valence-electron chi connectivity index (χ3n) is 4.27. The number of nitrogens with one attached hydrogen (secondary N) is 1. The van der Waals surface area contributed by atoms with E-state index >= 15 is 0 Å². The van der Waals surface area contributed by atoms with Gasteiger partial charge in [0.25, 0.3) is 5.91 Å². The molecule has 1 aliphatic heterocycles. The minimum Gasteiger partial charge on any atom is -0.462 e. The summed E-state index contributed by atoms with van der Waals surface area (Å²) in [5.41, 5.74) is 3.21. The smallest absolute Gasteiger partial charge is 0.341 e. The molecule has 1 aromatic heterocycles. The molecular formula is C19H23ClN2O3S. The van der Waals surface area contributed by atoms with Crippen LogP contribution >= 0.6 is 23.7 Å². The Hall–Kier alpha value is -1.89. The van der Waals surface area contributed by atoms with Gasteiger partial charge in [-0.1, -0.05) is 17.7 Å². The molecule has 1 amide bonds. The van der Waals surface area contributed by atoms with Crippen LogP contribution in [0.5, 0.6) is 0 Å². The minimum atomic E-state index is -0.358. The van der Waals surface area contributed by atoms with E-state index in [0.29, 0.717) is 22.7 Å². The fraction of sp³-hybridized carbons (Fsp3) is 0.368. The third kappa shape index (κ3) is 4.26. The fourth-order valence-electron chi connectivity index (χ4n) is 2.92. The van der Waals surface area contributed by atoms with Crippen LogP contribution in [0.25, 0.3) is 0 Å². The van der Waals surface area contributed by atoms with Crippen molar-refractivity contribution in [2.24, 2.45) is 0 Å². The van der Waals surface area contributed by atoms with Crippen molar-refractivity contribution in [2.75, 3.05) is 25.5 Å². The van der Waals surface area contributed by atoms with Crippen molar-refractivity contribution < 1.29 is 14.3 Å². The molecule has 0 bridgehead atoms. The average molecular weight is 395 g/mol. The van der Waals surface area contributed by atoms with Gasteiger partial charge in [0.1, 0.15) is 5.00 Å². The van der Waals surface area contributed by atoms with Crippen molar-refractivity contribution >= 4 is 40.6 Å². The number of hydrogen-bond acceptors (Lipinski definition) is 5. The van der Waals surface area contributed by atoms with Crippen LogP contribution in [0.15, 0.2) is 24.3 Å². The van der Waals surface area contributed by atoms with Gasteiger partial charge in [-0.2, -0.15) is 0 Å². The molecule has 5 nitrogen and oxygen atoms in total. The van der Waals surface area contributed by atoms with Gasteiger partial charge in [-0.15, -0.1) is 23.7 Å². The molecule has 3 rings (SSSR count). The highest BCUT2D eigenvalue weighted by molar-refractivity contribution is 7.17. The molecular weight excluding hydrogens is 372 g/mol. The Morgan fingerprint density at radius 1 is 1.27 bits per heavy atom. The number of esters is 1. The van der Waals surface area contributed by atoms with Crippen molar-refractivity contribution in [2.45, 2.75) is 26.8 Å². The van der Waals surface area contributed by atoms with Gasteiger partial charge in [0.2, 0.25) is 0 Å². The minimum absolute atomic E-state index is 0. The molecule has 1 aliphatic rings. The van der Waals surface area contributed by atoms with Gasteiger partial charge >= 0.3 is 5.97 Å². The van der Waals surface area contributed by atoms with E-state index in [-0.39, 0.29) is 24.3 Å². The number of hydrogen-bond donors (Lipinski definition) is 1. The van der Waals surface area contributed by atoms with Crippen LogP contribution in [0.4, 0.5) is 5.00 Å². The highest BCUT2D eigenvalue weighted by Crippen LogP contribution is 2.37. The molecule has 0 saturated carbocycles. The lowest BCUT2D eigenvalue weighted by molar-refractivity contribution is 0.0526. The molecule has 2 aromatic rings. The molecule has 0 aliphatic carbocycles. The van der Waals surface area contributed by atoms with Gasteiger partial charge in [-0.05, 0) is 45.0 Å². The van der Waals surface area contributed by atoms with Crippen molar-refractivity contribution in [1.29, 1.82) is 0 Å². The Morgan fingerprint density at radius 2 is 1.96 bits per heavy atom. The molecule has 0 saturated heterocycles. The van der Waals surface area contributed by atoms with Crippen molar-refractivity contribution in [3.05, 3.63) is 51.4 Å². The largest absolute Gasteiger partial charge is 0.462 e. The Bertz CT molecular complexity index is 802. The first kappa shape index (κ1) is 20.4. The summed E-state index contributed by atoms with van der Waals surface area (Å²) in [6, 6.07) is 7.37. The van der Waals surface area contributed by atoms with Gasteiger partial charge in [-0.25, -0.2) is 4.79 Å². The molecule has 0 radical (unpaired) electrons. The second kappa shape index (κ2) is 8.66. The van der Waals surface area contributed by atoms with Crippen LogP contribution in [0.3, 0.4) is 0 Å². The zero-order chi connectivity index (χ0) is 18.0. The van der Waals surface area contributed by atoms with Gasteiger partial charge in [0, 0.05) is 23.5 Å². The molecule has 140 valence electrons. The molecule has 7 heteroatoms. The van der Waals surface area contributed by atoms with E-state index in [1.807, 2.05) is 19.1 Å². The average Bonchev–Trinajstić information content (AvgIpc) is 2.92. The van der Waals surface area contributed by atoms with E-state index in [2.05, 4.69) is 17.3 Å². The standard InChI is InChI=1S/C19H22N2O3S.ClH/c1-4-24-19(23)16-14-9-10-21(3)11-15(14)25-18(16)20-17(22)13-7-5-12(2)6-8-13;/h5-8H,4,9-11H2,1-3H3,(H,20,22);1H. The monoisotopic (exact) mass is 394 g/mol. The Labute approximate surface area is 163 Å². The maximum absolute atomic E-state index is 12.6. The van der Waals surface area contributed by atoms with E-state index in [9.17, 15) is 9.59 Å². The van der Waals surface area contributed by atoms with Crippen LogP contribution < -0.4 is 5.32 Å². The molecule has 0 spiro atoms. The second-order valence-electron chi connectivity index (χ2n) is 6.24. The lowest BCUT2D eigenvalue weighted by Crippen LogP contribution is -2.26. The Kier molecular flexibility index (Phi) is 6.81. The number of thiophene rings is 1. The van der Waals surface area contributed by atoms with Crippen molar-refractivity contribution in [1.82, 2.24) is 4.90 Å². The van der Waals surface area contributed by atoms with Crippen LogP contribution in [0, 0.1) is 6.92 Å². The van der Waals surface area contributed by atoms with Crippen LogP contribution in [0.2, 0.25) is 0 Å². The second-order valence-corrected chi connectivity index (χ2v) is 7.34. The number of halogens is 1. The molecule has 0 atom stereocenters. The van der Waals surface area contributed by atoms with Crippen LogP contribution in [0.1, 0.15) is 43.6 Å². The highest BCUT2D eigenvalue weighted by atomic mass is 35.5. The number of aryl methyl sites for hydroxylation is 1. The van der Waals surface area contributed by atoms with E-state index in [1.54, 1.807) is 19.1 Å². The lowest BCUT2D eigenvalue weighted by atomic mass is 10.0. The molecule has 1 N–H and O–H groups in total. The van der Waals surface area contributed by atoms with E-state index < -0.39 is 0 Å². The zero-order valence-corrected chi connectivity index (χ0v) is 16.8. The molecule has 0 fully saturated rings. The summed E-state index contributed by atoms with van der Waals surface area (Å²) in [6.07, 6.45) is 0.789. The Morgan fingerprint density at radius 3 is 2.62 bits per heavy atom. The molecule has 0 unspecified atom stereocenters. The van der Waals surface area contributed by atoms with Crippen LogP contribution in [-0.4, -0.2) is 37.0 Å². The highest BCUT2D eigenvalue weighted by Gasteiger charge is 2.28. The van der Waals surface area contributed by atoms with Gasteiger partial charge < -0.3 is 15.0 Å². The Balaban J connectivity index is 0.00000243. The maximum atomic E-state index is 12.6. The first-order valence-electron chi connectivity index (χ1n) is 8.37. The van der Waals surface area contributed by atoms with Gasteiger partial charge in [-0.3, -0.25) is 4.79 Å². The summed E-state index contributed by atoms with van der Waals surface area (Å²) in [4.78, 5) is 28.4. The quantitative estimate of drug-likeness (QED) is 0.799. The topological polar surface area (TPSA) is 58.6 Å². The summed E-state index contributed by atoms with van der Waals surface area (Å²) >= 11 is 1.47. The van der Waals surface area contributed by atoms with Crippen LogP contribution in [-0.2, 0) is 17.7 Å². The summed E-state index contributed by atoms with van der Waals surface area (Å²) in [7, 11) is 2.05. The molecule has 1 aromatic carbocycles. The number of carbonyl (C=O) groups is 2. The number of nitrogens with zero attached hydrogens (tertiary/aromatic N) is 1. The van der Waals surface area contributed by atoms with Crippen molar-refractivity contribution in [3.63, 3.8) is 0 Å². The summed E-state index contributed by atoms with van der Waals surface area (Å²) in [5.74, 6) is -0.568. The number of fused-ring (bicyclic) bond motifs is 1. The summed E-state index contributed by atoms with van der Waals surface area (Å²) in [5, 5.41) is 3.51. The van der Waals surface area contributed by atoms with E-state index in [4.69, 9.17) is 4.74 Å². The summed E-state index contributed by atoms with van der Waals surface area (Å²) in [6.45, 7) is 5.75. The first-order chi connectivity index (χ1) is 12.0. The number of benzene rings is 1. The van der Waals surface area contributed by atoms with Gasteiger partial charge in [0.15, 0.2) is 0 Å². The normalized spacial score (nSPS) is 13.5. The van der Waals surface area contributed by atoms with E-state index in [0.717, 1.165) is 35.5 Å². The predicted molar refractivity (Wildman–Crippen MR) is 107 cm³/mol. The number of likely N-dealkylation sites (N-methyl/N-ethyl adjacent to an activating group) is 1. The number of amides is 1. The number of ether oxygens (including phenoxy) is 1. The predicted octanol–water partition coefficient (Wildman–Crippen LogP) is 3.90. The fourth-order valence-corrected chi connectivity index (χ4v) is 4.23.